The molecule has 1 N–H and O–H groups in total. The van der Waals surface area contributed by atoms with Gasteiger partial charge < -0.3 is 5.32 Å². The Kier molecular flexibility index (Phi) is 5.84. The molecule has 190 valence electrons. The van der Waals surface area contributed by atoms with E-state index in [0.717, 1.165) is 38.8 Å². The largest absolute Gasteiger partial charge is 0.307 e. The van der Waals surface area contributed by atoms with Gasteiger partial charge in [0.05, 0.1) is 11.7 Å². The van der Waals surface area contributed by atoms with Crippen LogP contribution in [0.3, 0.4) is 0 Å². The first-order valence-corrected chi connectivity index (χ1v) is 13.6. The van der Waals surface area contributed by atoms with Gasteiger partial charge in [-0.2, -0.15) is 5.10 Å². The molecule has 1 aliphatic heterocycles. The zero-order valence-corrected chi connectivity index (χ0v) is 22.9. The number of aryl methyl sites for hydroxylation is 1. The van der Waals surface area contributed by atoms with E-state index in [9.17, 15) is 0 Å². The Morgan fingerprint density at radius 1 is 0.946 bits per heavy atom. The second kappa shape index (κ2) is 8.96. The van der Waals surface area contributed by atoms with Crippen molar-refractivity contribution in [3.8, 4) is 11.1 Å². The van der Waals surface area contributed by atoms with Crippen LogP contribution in [0.4, 0.5) is 0 Å². The average molecular weight is 512 g/mol. The van der Waals surface area contributed by atoms with E-state index < -0.39 is 0 Å². The summed E-state index contributed by atoms with van der Waals surface area (Å²) < 4.78 is 3.86. The molecule has 1 aromatic carbocycles. The zero-order valence-electron chi connectivity index (χ0n) is 22.1. The molecule has 6 rings (SSSR count). The third kappa shape index (κ3) is 5.13. The van der Waals surface area contributed by atoms with Crippen molar-refractivity contribution in [1.29, 1.82) is 0 Å². The van der Waals surface area contributed by atoms with E-state index >= 15 is 0 Å². The van der Waals surface area contributed by atoms with Crippen molar-refractivity contribution in [2.24, 2.45) is 13.0 Å². The molecule has 0 atom stereocenters. The second-order valence-electron chi connectivity index (χ2n) is 11.7. The summed E-state index contributed by atoms with van der Waals surface area (Å²) in [5.41, 5.74) is 5.60. The maximum absolute atomic E-state index is 4.79. The number of aromatic nitrogens is 6. The van der Waals surface area contributed by atoms with Crippen molar-refractivity contribution in [1.82, 2.24) is 34.7 Å². The summed E-state index contributed by atoms with van der Waals surface area (Å²) in [5.74, 6) is 0.638. The van der Waals surface area contributed by atoms with Gasteiger partial charge in [0.15, 0.2) is 10.8 Å². The minimum Gasteiger partial charge on any atom is -0.307 e. The van der Waals surface area contributed by atoms with E-state index in [4.69, 9.17) is 4.98 Å². The van der Waals surface area contributed by atoms with E-state index in [1.54, 1.807) is 11.8 Å². The standard InChI is InChI=1S/C29H33N7S/c1-28(2)13-20(14-29(3,4)34-28)10-19-11-22-12-24(7-8-25(22)30-15-19)37-27-33-32-26-9-6-21(18-36(26)27)23-16-31-35(5)17-23/h6-9,11-12,15-18,20,34H,10,13-14H2,1-5H3. The average Bonchev–Trinajstić information content (AvgIpc) is 3.42. The highest BCUT2D eigenvalue weighted by Crippen LogP contribution is 2.35. The Morgan fingerprint density at radius 2 is 1.76 bits per heavy atom. The first-order chi connectivity index (χ1) is 17.6. The van der Waals surface area contributed by atoms with E-state index in [-0.39, 0.29) is 11.1 Å². The first-order valence-electron chi connectivity index (χ1n) is 12.8. The van der Waals surface area contributed by atoms with E-state index in [1.807, 2.05) is 34.6 Å². The Labute approximate surface area is 221 Å². The smallest absolute Gasteiger partial charge is 0.200 e. The van der Waals surface area contributed by atoms with Gasteiger partial charge >= 0.3 is 0 Å². The Hall–Kier alpha value is -3.23. The molecule has 7 nitrogen and oxygen atoms in total. The summed E-state index contributed by atoms with van der Waals surface area (Å²) >= 11 is 1.62. The number of benzene rings is 1. The van der Waals surface area contributed by atoms with Crippen molar-refractivity contribution in [2.75, 3.05) is 0 Å². The molecule has 0 unspecified atom stereocenters. The minimum atomic E-state index is 0.151. The van der Waals surface area contributed by atoms with Crippen molar-refractivity contribution in [3.63, 3.8) is 0 Å². The van der Waals surface area contributed by atoms with Crippen molar-refractivity contribution in [2.45, 2.75) is 68.1 Å². The van der Waals surface area contributed by atoms with Crippen LogP contribution in [-0.2, 0) is 13.5 Å². The predicted octanol–water partition coefficient (Wildman–Crippen LogP) is 5.93. The number of fused-ring (bicyclic) bond motifs is 2. The predicted molar refractivity (Wildman–Crippen MR) is 149 cm³/mol. The molecule has 0 aliphatic carbocycles. The lowest BCUT2D eigenvalue weighted by Gasteiger charge is -2.46. The first kappa shape index (κ1) is 24.1. The third-order valence-electron chi connectivity index (χ3n) is 7.13. The maximum atomic E-state index is 4.79. The summed E-state index contributed by atoms with van der Waals surface area (Å²) in [7, 11) is 1.93. The third-order valence-corrected chi connectivity index (χ3v) is 8.08. The van der Waals surface area contributed by atoms with Gasteiger partial charge in [0.25, 0.3) is 0 Å². The van der Waals surface area contributed by atoms with Crippen LogP contribution in [0.5, 0.6) is 0 Å². The highest BCUT2D eigenvalue weighted by atomic mass is 32.2. The van der Waals surface area contributed by atoms with E-state index in [0.29, 0.717) is 5.92 Å². The van der Waals surface area contributed by atoms with Gasteiger partial charge in [-0.3, -0.25) is 14.1 Å². The SMILES string of the molecule is Cn1cc(-c2ccc3nnc(Sc4ccc5ncc(CC6CC(C)(C)NC(C)(C)C6)cc5c4)n3c2)cn1. The molecule has 1 fully saturated rings. The van der Waals surface area contributed by atoms with Crippen LogP contribution >= 0.6 is 11.8 Å². The van der Waals surface area contributed by atoms with Crippen molar-refractivity contribution in [3.05, 3.63) is 66.7 Å². The van der Waals surface area contributed by atoms with E-state index in [2.05, 4.69) is 91.0 Å². The molecule has 0 saturated carbocycles. The number of hydrogen-bond donors (Lipinski definition) is 1. The Bertz CT molecular complexity index is 1580. The number of hydrogen-bond acceptors (Lipinski definition) is 6. The normalized spacial score (nSPS) is 17.5. The monoisotopic (exact) mass is 511 g/mol. The quantitative estimate of drug-likeness (QED) is 0.315. The van der Waals surface area contributed by atoms with Gasteiger partial charge in [-0.15, -0.1) is 10.2 Å². The molecule has 4 aromatic heterocycles. The lowest BCUT2D eigenvalue weighted by molar-refractivity contribution is 0.128. The fourth-order valence-corrected chi connectivity index (χ4v) is 6.99. The molecular formula is C29H33N7S. The van der Waals surface area contributed by atoms with Gasteiger partial charge in [-0.25, -0.2) is 0 Å². The Balaban J connectivity index is 1.26. The molecule has 37 heavy (non-hydrogen) atoms. The lowest BCUT2D eigenvalue weighted by Crippen LogP contribution is -2.58. The molecule has 8 heteroatoms. The summed E-state index contributed by atoms with van der Waals surface area (Å²) in [5, 5.41) is 18.9. The van der Waals surface area contributed by atoms with Gasteiger partial charge in [0.2, 0.25) is 0 Å². The van der Waals surface area contributed by atoms with E-state index in [1.165, 1.54) is 23.8 Å². The fourth-order valence-electron chi connectivity index (χ4n) is 6.13. The molecule has 0 amide bonds. The maximum Gasteiger partial charge on any atom is 0.200 e. The van der Waals surface area contributed by atoms with Crippen LogP contribution < -0.4 is 5.32 Å². The van der Waals surface area contributed by atoms with Crippen LogP contribution in [0.15, 0.2) is 71.2 Å². The van der Waals surface area contributed by atoms with Gasteiger partial charge in [0.1, 0.15) is 0 Å². The van der Waals surface area contributed by atoms with Crippen LogP contribution in [0.1, 0.15) is 46.1 Å². The molecule has 0 radical (unpaired) electrons. The number of pyridine rings is 2. The van der Waals surface area contributed by atoms with Gasteiger partial charge in [0, 0.05) is 58.1 Å². The number of nitrogens with zero attached hydrogens (tertiary/aromatic N) is 6. The van der Waals surface area contributed by atoms with Crippen LogP contribution in [0, 0.1) is 5.92 Å². The Morgan fingerprint density at radius 3 is 2.51 bits per heavy atom. The van der Waals surface area contributed by atoms with Crippen LogP contribution in [0.25, 0.3) is 27.7 Å². The molecule has 0 bridgehead atoms. The van der Waals surface area contributed by atoms with Gasteiger partial charge in [-0.05, 0) is 107 Å². The summed E-state index contributed by atoms with van der Waals surface area (Å²) in [6.45, 7) is 9.27. The van der Waals surface area contributed by atoms with Crippen molar-refractivity contribution < 1.29 is 0 Å². The summed E-state index contributed by atoms with van der Waals surface area (Å²) in [6, 6.07) is 12.8. The highest BCUT2D eigenvalue weighted by Gasteiger charge is 2.37. The fraction of sp³-hybridized carbons (Fsp3) is 0.379. The second-order valence-corrected chi connectivity index (χ2v) is 12.7. The lowest BCUT2D eigenvalue weighted by atomic mass is 9.74. The number of piperidine rings is 1. The van der Waals surface area contributed by atoms with Crippen molar-refractivity contribution >= 4 is 28.3 Å². The minimum absolute atomic E-state index is 0.151. The number of nitrogens with one attached hydrogen (secondary N) is 1. The highest BCUT2D eigenvalue weighted by molar-refractivity contribution is 7.99. The molecule has 5 aromatic rings. The molecule has 5 heterocycles. The van der Waals surface area contributed by atoms with Crippen LogP contribution in [-0.4, -0.2) is 40.4 Å². The molecule has 1 aliphatic rings. The molecule has 1 saturated heterocycles. The van der Waals surface area contributed by atoms with Gasteiger partial charge in [-0.1, -0.05) is 0 Å². The summed E-state index contributed by atoms with van der Waals surface area (Å²) in [4.78, 5) is 5.91. The number of rotatable bonds is 5. The van der Waals surface area contributed by atoms with Crippen LogP contribution in [0.2, 0.25) is 0 Å². The zero-order chi connectivity index (χ0) is 25.8. The molecule has 0 spiro atoms. The molecular weight excluding hydrogens is 478 g/mol. The summed E-state index contributed by atoms with van der Waals surface area (Å²) in [6.07, 6.45) is 11.4. The topological polar surface area (TPSA) is 72.9 Å².